The molecule has 1 heterocycles. The van der Waals surface area contributed by atoms with Crippen LogP contribution in [0.15, 0.2) is 28.9 Å². The molecule has 2 aromatic rings. The van der Waals surface area contributed by atoms with Gasteiger partial charge in [-0.05, 0) is 24.1 Å². The van der Waals surface area contributed by atoms with E-state index in [1.54, 1.807) is 6.26 Å². The fraction of sp³-hybridized carbons (Fsp3) is 0.200. The number of halogens is 1. The third-order valence-corrected chi connectivity index (χ3v) is 2.30. The predicted octanol–water partition coefficient (Wildman–Crippen LogP) is 3.48. The summed E-state index contributed by atoms with van der Waals surface area (Å²) in [6.07, 6.45) is 1.77. The van der Waals surface area contributed by atoms with Gasteiger partial charge in [-0.1, -0.05) is 12.1 Å². The number of alkyl halides is 1. The maximum Gasteiger partial charge on any atom is 0.134 e. The average molecular weight is 181 g/mol. The molecule has 1 aromatic heterocycles. The Kier molecular flexibility index (Phi) is 1.81. The molecule has 0 saturated heterocycles. The zero-order valence-corrected chi connectivity index (χ0v) is 7.56. The summed E-state index contributed by atoms with van der Waals surface area (Å²) < 4.78 is 5.33. The van der Waals surface area contributed by atoms with Crippen LogP contribution < -0.4 is 0 Å². The van der Waals surface area contributed by atoms with Crippen molar-refractivity contribution in [3.05, 3.63) is 35.6 Å². The van der Waals surface area contributed by atoms with Gasteiger partial charge in [0.1, 0.15) is 5.58 Å². The number of hydrogen-bond acceptors (Lipinski definition) is 1. The highest BCUT2D eigenvalue weighted by molar-refractivity contribution is 6.17. The molecule has 0 amide bonds. The predicted molar refractivity (Wildman–Crippen MR) is 50.5 cm³/mol. The second kappa shape index (κ2) is 2.83. The van der Waals surface area contributed by atoms with Crippen molar-refractivity contribution >= 4 is 22.6 Å². The van der Waals surface area contributed by atoms with Crippen LogP contribution in [0, 0.1) is 6.92 Å². The van der Waals surface area contributed by atoms with Crippen molar-refractivity contribution < 1.29 is 4.42 Å². The van der Waals surface area contributed by atoms with Gasteiger partial charge in [0.15, 0.2) is 0 Å². The van der Waals surface area contributed by atoms with Crippen LogP contribution in [-0.4, -0.2) is 0 Å². The van der Waals surface area contributed by atoms with Gasteiger partial charge in [-0.3, -0.25) is 0 Å². The molecule has 0 bridgehead atoms. The van der Waals surface area contributed by atoms with E-state index in [4.69, 9.17) is 16.0 Å². The van der Waals surface area contributed by atoms with E-state index < -0.39 is 0 Å². The highest BCUT2D eigenvalue weighted by Crippen LogP contribution is 2.21. The first kappa shape index (κ1) is 7.69. The van der Waals surface area contributed by atoms with E-state index >= 15 is 0 Å². The summed E-state index contributed by atoms with van der Waals surface area (Å²) >= 11 is 5.69. The van der Waals surface area contributed by atoms with E-state index in [2.05, 4.69) is 0 Å². The average Bonchev–Trinajstić information content (AvgIpc) is 2.47. The monoisotopic (exact) mass is 180 g/mol. The zero-order chi connectivity index (χ0) is 8.55. The molecule has 0 fully saturated rings. The van der Waals surface area contributed by atoms with Crippen molar-refractivity contribution in [2.24, 2.45) is 0 Å². The standard InChI is InChI=1S/C10H9ClO/c1-7-6-12-10-4-8(5-11)2-3-9(7)10/h2-4,6H,5H2,1H3. The van der Waals surface area contributed by atoms with E-state index in [0.29, 0.717) is 5.88 Å². The number of aryl methyl sites for hydroxylation is 1. The molecule has 0 spiro atoms. The van der Waals surface area contributed by atoms with E-state index in [9.17, 15) is 0 Å². The summed E-state index contributed by atoms with van der Waals surface area (Å²) in [6.45, 7) is 2.03. The van der Waals surface area contributed by atoms with Crippen LogP contribution in [0.4, 0.5) is 0 Å². The quantitative estimate of drug-likeness (QED) is 0.613. The van der Waals surface area contributed by atoms with Crippen LogP contribution in [0.2, 0.25) is 0 Å². The molecule has 62 valence electrons. The molecule has 0 aliphatic heterocycles. The molecule has 1 nitrogen and oxygen atoms in total. The van der Waals surface area contributed by atoms with Gasteiger partial charge in [0.2, 0.25) is 0 Å². The van der Waals surface area contributed by atoms with Gasteiger partial charge in [-0.15, -0.1) is 11.6 Å². The summed E-state index contributed by atoms with van der Waals surface area (Å²) in [5.74, 6) is 0.537. The zero-order valence-electron chi connectivity index (χ0n) is 6.80. The second-order valence-electron chi connectivity index (χ2n) is 2.88. The van der Waals surface area contributed by atoms with E-state index in [1.807, 2.05) is 25.1 Å². The Morgan fingerprint density at radius 2 is 2.25 bits per heavy atom. The Morgan fingerprint density at radius 3 is 3.00 bits per heavy atom. The van der Waals surface area contributed by atoms with Crippen LogP contribution in [0.1, 0.15) is 11.1 Å². The second-order valence-corrected chi connectivity index (χ2v) is 3.15. The Hall–Kier alpha value is -0.950. The smallest absolute Gasteiger partial charge is 0.134 e. The first-order chi connectivity index (χ1) is 5.81. The van der Waals surface area contributed by atoms with E-state index in [1.165, 1.54) is 10.9 Å². The molecule has 0 saturated carbocycles. The van der Waals surface area contributed by atoms with Crippen molar-refractivity contribution in [3.8, 4) is 0 Å². The molecule has 0 unspecified atom stereocenters. The maximum atomic E-state index is 5.69. The normalized spacial score (nSPS) is 10.8. The Morgan fingerprint density at radius 1 is 1.42 bits per heavy atom. The minimum Gasteiger partial charge on any atom is -0.464 e. The van der Waals surface area contributed by atoms with Gasteiger partial charge in [0.05, 0.1) is 6.26 Å². The number of fused-ring (bicyclic) bond motifs is 1. The van der Waals surface area contributed by atoms with E-state index in [0.717, 1.165) is 11.1 Å². The lowest BCUT2D eigenvalue weighted by Crippen LogP contribution is -1.75. The largest absolute Gasteiger partial charge is 0.464 e. The van der Waals surface area contributed by atoms with E-state index in [-0.39, 0.29) is 0 Å². The van der Waals surface area contributed by atoms with Crippen molar-refractivity contribution in [1.82, 2.24) is 0 Å². The number of furan rings is 1. The van der Waals surface area contributed by atoms with Crippen LogP contribution in [-0.2, 0) is 5.88 Å². The summed E-state index contributed by atoms with van der Waals surface area (Å²) in [4.78, 5) is 0. The number of hydrogen-bond donors (Lipinski definition) is 0. The molecule has 12 heavy (non-hydrogen) atoms. The third kappa shape index (κ3) is 1.10. The Bertz CT molecular complexity index is 403. The third-order valence-electron chi connectivity index (χ3n) is 1.99. The summed E-state index contributed by atoms with van der Waals surface area (Å²) in [5.41, 5.74) is 3.19. The van der Waals surface area contributed by atoms with Gasteiger partial charge in [-0.25, -0.2) is 0 Å². The molecular weight excluding hydrogens is 172 g/mol. The lowest BCUT2D eigenvalue weighted by Gasteiger charge is -1.93. The SMILES string of the molecule is Cc1coc2cc(CCl)ccc12. The first-order valence-electron chi connectivity index (χ1n) is 3.84. The van der Waals surface area contributed by atoms with Crippen molar-refractivity contribution in [2.45, 2.75) is 12.8 Å². The van der Waals surface area contributed by atoms with Crippen LogP contribution in [0.25, 0.3) is 11.0 Å². The minimum atomic E-state index is 0.537. The summed E-state index contributed by atoms with van der Waals surface area (Å²) in [5, 5.41) is 1.17. The van der Waals surface area contributed by atoms with Crippen LogP contribution in [0.3, 0.4) is 0 Å². The topological polar surface area (TPSA) is 13.1 Å². The molecule has 0 atom stereocenters. The lowest BCUT2D eigenvalue weighted by atomic mass is 10.1. The molecule has 1 aromatic carbocycles. The number of rotatable bonds is 1. The molecule has 0 aliphatic carbocycles. The van der Waals surface area contributed by atoms with Gasteiger partial charge < -0.3 is 4.42 Å². The fourth-order valence-corrected chi connectivity index (χ4v) is 1.45. The Balaban J connectivity index is 2.69. The maximum absolute atomic E-state index is 5.69. The Labute approximate surface area is 75.9 Å². The fourth-order valence-electron chi connectivity index (χ4n) is 1.29. The summed E-state index contributed by atoms with van der Waals surface area (Å²) in [6, 6.07) is 6.05. The van der Waals surface area contributed by atoms with Gasteiger partial charge >= 0.3 is 0 Å². The minimum absolute atomic E-state index is 0.537. The van der Waals surface area contributed by atoms with Gasteiger partial charge in [0, 0.05) is 11.3 Å². The highest BCUT2D eigenvalue weighted by Gasteiger charge is 2.01. The van der Waals surface area contributed by atoms with Crippen molar-refractivity contribution in [3.63, 3.8) is 0 Å². The highest BCUT2D eigenvalue weighted by atomic mass is 35.5. The molecule has 0 aliphatic rings. The molecule has 0 N–H and O–H groups in total. The van der Waals surface area contributed by atoms with Crippen molar-refractivity contribution in [2.75, 3.05) is 0 Å². The molecular formula is C10H9ClO. The van der Waals surface area contributed by atoms with Crippen molar-refractivity contribution in [1.29, 1.82) is 0 Å². The molecule has 2 rings (SSSR count). The summed E-state index contributed by atoms with van der Waals surface area (Å²) in [7, 11) is 0. The molecule has 0 radical (unpaired) electrons. The van der Waals surface area contributed by atoms with Gasteiger partial charge in [0.25, 0.3) is 0 Å². The number of benzene rings is 1. The van der Waals surface area contributed by atoms with Crippen LogP contribution >= 0.6 is 11.6 Å². The van der Waals surface area contributed by atoms with Gasteiger partial charge in [-0.2, -0.15) is 0 Å². The first-order valence-corrected chi connectivity index (χ1v) is 4.37. The van der Waals surface area contributed by atoms with Crippen LogP contribution in [0.5, 0.6) is 0 Å². The lowest BCUT2D eigenvalue weighted by molar-refractivity contribution is 0.612. The molecule has 2 heteroatoms.